The summed E-state index contributed by atoms with van der Waals surface area (Å²) >= 11 is 6.64. The number of likely N-dealkylation sites (tertiary alicyclic amines) is 1. The van der Waals surface area contributed by atoms with Crippen LogP contribution in [0.1, 0.15) is 83.4 Å². The lowest BCUT2D eigenvalue weighted by Gasteiger charge is -2.35. The van der Waals surface area contributed by atoms with E-state index in [1.807, 2.05) is 33.7 Å². The third-order valence-electron chi connectivity index (χ3n) is 7.99. The molecule has 2 aliphatic rings. The maximum atomic E-state index is 14.0. The van der Waals surface area contributed by atoms with Gasteiger partial charge >= 0.3 is 0 Å². The average molecular weight is 502 g/mol. The largest absolute Gasteiger partial charge is 0.330 e. The van der Waals surface area contributed by atoms with Crippen LogP contribution < -0.4 is 5.73 Å². The zero-order valence-corrected chi connectivity index (χ0v) is 21.6. The molecule has 186 valence electrons. The van der Waals surface area contributed by atoms with E-state index < -0.39 is 0 Å². The Kier molecular flexibility index (Phi) is 5.97. The molecule has 2 aromatic heterocycles. The van der Waals surface area contributed by atoms with Gasteiger partial charge in [0.2, 0.25) is 0 Å². The Hall–Kier alpha value is -2.96. The van der Waals surface area contributed by atoms with E-state index in [9.17, 15) is 4.79 Å². The van der Waals surface area contributed by atoms with Gasteiger partial charge in [0.15, 0.2) is 5.65 Å². The molecular weight excluding hydrogens is 470 g/mol. The summed E-state index contributed by atoms with van der Waals surface area (Å²) in [5.74, 6) is 0.384. The number of aromatic nitrogens is 3. The summed E-state index contributed by atoms with van der Waals surface area (Å²) in [6.45, 7) is 4.85. The highest BCUT2D eigenvalue weighted by Gasteiger charge is 2.33. The van der Waals surface area contributed by atoms with Crippen LogP contribution in [-0.4, -0.2) is 38.0 Å². The van der Waals surface area contributed by atoms with Gasteiger partial charge in [-0.15, -0.1) is 0 Å². The van der Waals surface area contributed by atoms with Crippen LogP contribution in [0.4, 0.5) is 0 Å². The highest BCUT2D eigenvalue weighted by Crippen LogP contribution is 2.37. The van der Waals surface area contributed by atoms with Gasteiger partial charge in [-0.3, -0.25) is 4.79 Å². The van der Waals surface area contributed by atoms with E-state index in [4.69, 9.17) is 27.4 Å². The molecule has 1 saturated carbocycles. The summed E-state index contributed by atoms with van der Waals surface area (Å²) in [6, 6.07) is 12.2. The number of nitrogens with zero attached hydrogens (tertiary/aromatic N) is 4. The van der Waals surface area contributed by atoms with Crippen molar-refractivity contribution in [3.8, 4) is 0 Å². The molecule has 3 atom stereocenters. The lowest BCUT2D eigenvalue weighted by atomic mass is 9.96. The minimum atomic E-state index is -0.103. The predicted octanol–water partition coefficient (Wildman–Crippen LogP) is 6.11. The Labute approximate surface area is 216 Å². The molecule has 0 spiro atoms. The van der Waals surface area contributed by atoms with E-state index >= 15 is 0 Å². The van der Waals surface area contributed by atoms with Crippen LogP contribution in [0.3, 0.4) is 0 Å². The SMILES string of the molecule is Cc1ccc2c(C(=O)N3CCCC[C@H]3c3cc4nc(C5CC[C@H](N)C5)c(C)cn4n3)c(Cl)ccc2c1. The lowest BCUT2D eigenvalue weighted by molar-refractivity contribution is 0.0608. The minimum absolute atomic E-state index is 0.0269. The molecule has 1 saturated heterocycles. The number of fused-ring (bicyclic) bond motifs is 2. The van der Waals surface area contributed by atoms with Crippen LogP contribution in [0.25, 0.3) is 16.4 Å². The van der Waals surface area contributed by atoms with Crippen LogP contribution in [0, 0.1) is 13.8 Å². The van der Waals surface area contributed by atoms with E-state index in [0.29, 0.717) is 23.0 Å². The fourth-order valence-corrected chi connectivity index (χ4v) is 6.39. The minimum Gasteiger partial charge on any atom is -0.330 e. The quantitative estimate of drug-likeness (QED) is 0.367. The van der Waals surface area contributed by atoms with Crippen molar-refractivity contribution >= 4 is 33.9 Å². The number of amides is 1. The summed E-state index contributed by atoms with van der Waals surface area (Å²) in [4.78, 5) is 21.0. The summed E-state index contributed by atoms with van der Waals surface area (Å²) in [5, 5.41) is 7.33. The van der Waals surface area contributed by atoms with Gasteiger partial charge in [-0.2, -0.15) is 5.10 Å². The zero-order chi connectivity index (χ0) is 25.0. The molecule has 3 heterocycles. The number of piperidine rings is 1. The van der Waals surface area contributed by atoms with E-state index in [1.54, 1.807) is 0 Å². The number of hydrogen-bond donors (Lipinski definition) is 1. The van der Waals surface area contributed by atoms with E-state index in [-0.39, 0.29) is 18.0 Å². The molecule has 1 amide bonds. The lowest BCUT2D eigenvalue weighted by Crippen LogP contribution is -2.39. The van der Waals surface area contributed by atoms with Crippen molar-refractivity contribution in [3.63, 3.8) is 0 Å². The fraction of sp³-hybridized carbons (Fsp3) is 0.414. The van der Waals surface area contributed by atoms with Gasteiger partial charge in [0.25, 0.3) is 5.91 Å². The summed E-state index contributed by atoms with van der Waals surface area (Å²) in [5.41, 5.74) is 11.9. The molecule has 1 aliphatic carbocycles. The van der Waals surface area contributed by atoms with Gasteiger partial charge in [0.05, 0.1) is 28.0 Å². The first-order valence-corrected chi connectivity index (χ1v) is 13.4. The Morgan fingerprint density at radius 1 is 1.08 bits per heavy atom. The monoisotopic (exact) mass is 501 g/mol. The van der Waals surface area contributed by atoms with Crippen molar-refractivity contribution in [3.05, 3.63) is 75.7 Å². The highest BCUT2D eigenvalue weighted by atomic mass is 35.5. The second kappa shape index (κ2) is 9.16. The highest BCUT2D eigenvalue weighted by molar-refractivity contribution is 6.35. The maximum Gasteiger partial charge on any atom is 0.256 e. The number of rotatable bonds is 3. The molecule has 0 bridgehead atoms. The van der Waals surface area contributed by atoms with Crippen LogP contribution >= 0.6 is 11.6 Å². The van der Waals surface area contributed by atoms with Crippen molar-refractivity contribution in [1.29, 1.82) is 0 Å². The number of aryl methyl sites for hydroxylation is 2. The molecule has 1 aliphatic heterocycles. The van der Waals surface area contributed by atoms with Crippen molar-refractivity contribution in [2.45, 2.75) is 70.4 Å². The molecule has 6 rings (SSSR count). The molecule has 2 N–H and O–H groups in total. The average Bonchev–Trinajstić information content (AvgIpc) is 3.48. The Morgan fingerprint density at radius 2 is 1.94 bits per heavy atom. The van der Waals surface area contributed by atoms with Crippen LogP contribution in [0.15, 0.2) is 42.6 Å². The van der Waals surface area contributed by atoms with Crippen molar-refractivity contribution < 1.29 is 4.79 Å². The van der Waals surface area contributed by atoms with Crippen molar-refractivity contribution in [2.24, 2.45) is 5.73 Å². The van der Waals surface area contributed by atoms with E-state index in [2.05, 4.69) is 32.2 Å². The maximum absolute atomic E-state index is 14.0. The first-order valence-electron chi connectivity index (χ1n) is 13.0. The molecular formula is C29H32ClN5O. The zero-order valence-electron chi connectivity index (χ0n) is 20.9. The number of benzene rings is 2. The molecule has 2 fully saturated rings. The molecule has 6 nitrogen and oxygen atoms in total. The molecule has 36 heavy (non-hydrogen) atoms. The smallest absolute Gasteiger partial charge is 0.256 e. The van der Waals surface area contributed by atoms with Gasteiger partial charge in [0.1, 0.15) is 0 Å². The van der Waals surface area contributed by atoms with Gasteiger partial charge in [-0.25, -0.2) is 9.50 Å². The second-order valence-electron chi connectivity index (χ2n) is 10.6. The van der Waals surface area contributed by atoms with Crippen molar-refractivity contribution in [2.75, 3.05) is 6.54 Å². The second-order valence-corrected chi connectivity index (χ2v) is 11.0. The van der Waals surface area contributed by atoms with Crippen LogP contribution in [0.2, 0.25) is 5.02 Å². The van der Waals surface area contributed by atoms with Gasteiger partial charge in [0, 0.05) is 30.8 Å². The molecule has 7 heteroatoms. The van der Waals surface area contributed by atoms with Crippen molar-refractivity contribution in [1.82, 2.24) is 19.5 Å². The predicted molar refractivity (Wildman–Crippen MR) is 144 cm³/mol. The van der Waals surface area contributed by atoms with Crippen LogP contribution in [0.5, 0.6) is 0 Å². The molecule has 1 unspecified atom stereocenters. The Bertz CT molecular complexity index is 1480. The topological polar surface area (TPSA) is 76.5 Å². The normalized spacial score (nSPS) is 22.6. The molecule has 4 aromatic rings. The Morgan fingerprint density at radius 3 is 2.75 bits per heavy atom. The number of halogens is 1. The summed E-state index contributed by atoms with van der Waals surface area (Å²) in [6.07, 6.45) is 8.11. The van der Waals surface area contributed by atoms with E-state index in [0.717, 1.165) is 77.5 Å². The summed E-state index contributed by atoms with van der Waals surface area (Å²) < 4.78 is 1.87. The fourth-order valence-electron chi connectivity index (χ4n) is 6.15. The summed E-state index contributed by atoms with van der Waals surface area (Å²) in [7, 11) is 0. The number of nitrogens with two attached hydrogens (primary N) is 1. The number of carbonyl (C=O) groups excluding carboxylic acids is 1. The third kappa shape index (κ3) is 4.06. The standard InChI is InChI=1S/C29H32ClN5O/c1-17-6-10-22-19(13-17)8-11-23(30)27(22)29(36)34-12-4-3-5-25(34)24-15-26-32-28(18(2)16-35(26)33-24)20-7-9-21(31)14-20/h6,8,10-11,13,15-16,20-21,25H,3-5,7,9,12,14,31H2,1-2H3/t20?,21-,25-/m0/s1. The first-order chi connectivity index (χ1) is 17.4. The number of carbonyl (C=O) groups is 1. The molecule has 0 radical (unpaired) electrons. The third-order valence-corrected chi connectivity index (χ3v) is 8.31. The van der Waals surface area contributed by atoms with E-state index in [1.165, 1.54) is 0 Å². The Balaban J connectivity index is 1.37. The van der Waals surface area contributed by atoms with Gasteiger partial charge in [-0.1, -0.05) is 41.4 Å². The first kappa shape index (κ1) is 23.4. The van der Waals surface area contributed by atoms with Crippen LogP contribution in [-0.2, 0) is 0 Å². The number of hydrogen-bond acceptors (Lipinski definition) is 4. The van der Waals surface area contributed by atoms with Gasteiger partial charge < -0.3 is 10.6 Å². The molecule has 2 aromatic carbocycles. The van der Waals surface area contributed by atoms with Gasteiger partial charge in [-0.05, 0) is 74.8 Å².